The van der Waals surface area contributed by atoms with Gasteiger partial charge in [-0.1, -0.05) is 93.9 Å². The van der Waals surface area contributed by atoms with Crippen molar-refractivity contribution >= 4 is 41.4 Å². The van der Waals surface area contributed by atoms with Gasteiger partial charge < -0.3 is 24.8 Å². The lowest BCUT2D eigenvalue weighted by Crippen LogP contribution is -2.49. The highest BCUT2D eigenvalue weighted by molar-refractivity contribution is 6.32. The number of methoxy groups -OCH3 is 1. The number of hydrogen-bond donors (Lipinski definition) is 2. The van der Waals surface area contributed by atoms with E-state index in [0.717, 1.165) is 5.56 Å². The average Bonchev–Trinajstić information content (AvgIpc) is 3.00. The van der Waals surface area contributed by atoms with Crippen molar-refractivity contribution in [3.05, 3.63) is 82.9 Å². The summed E-state index contributed by atoms with van der Waals surface area (Å²) in [6, 6.07) is 13.9. The Kier molecular flexibility index (Phi) is 13.0. The summed E-state index contributed by atoms with van der Waals surface area (Å²) in [4.78, 5) is 52.5. The van der Waals surface area contributed by atoms with E-state index in [2.05, 4.69) is 10.6 Å². The molecular formula is C34H41ClN2O7. The van der Waals surface area contributed by atoms with Gasteiger partial charge in [-0.25, -0.2) is 4.79 Å². The van der Waals surface area contributed by atoms with Crippen LogP contribution in [0.5, 0.6) is 5.75 Å². The number of amides is 2. The van der Waals surface area contributed by atoms with Crippen molar-refractivity contribution < 1.29 is 33.4 Å². The van der Waals surface area contributed by atoms with E-state index >= 15 is 0 Å². The molecule has 1 heterocycles. The van der Waals surface area contributed by atoms with Gasteiger partial charge in [0.15, 0.2) is 0 Å². The number of carbonyl (C=O) groups is 4. The van der Waals surface area contributed by atoms with E-state index < -0.39 is 47.9 Å². The number of hydrogen-bond acceptors (Lipinski definition) is 7. The summed E-state index contributed by atoms with van der Waals surface area (Å²) in [7, 11) is 1.50. The molecule has 2 N–H and O–H groups in total. The van der Waals surface area contributed by atoms with Gasteiger partial charge in [-0.15, -0.1) is 0 Å². The lowest BCUT2D eigenvalue weighted by molar-refractivity contribution is -0.177. The predicted molar refractivity (Wildman–Crippen MR) is 169 cm³/mol. The fraction of sp³-hybridized carbons (Fsp3) is 0.412. The van der Waals surface area contributed by atoms with E-state index in [0.29, 0.717) is 16.3 Å². The van der Waals surface area contributed by atoms with E-state index in [1.165, 1.54) is 13.2 Å². The molecule has 44 heavy (non-hydrogen) atoms. The van der Waals surface area contributed by atoms with Crippen molar-refractivity contribution in [2.24, 2.45) is 17.8 Å². The minimum Gasteiger partial charge on any atom is -0.495 e. The van der Waals surface area contributed by atoms with E-state index in [-0.39, 0.29) is 31.2 Å². The predicted octanol–water partition coefficient (Wildman–Crippen LogP) is 4.92. The van der Waals surface area contributed by atoms with Crippen LogP contribution in [0.15, 0.2) is 66.8 Å². The zero-order valence-corrected chi connectivity index (χ0v) is 26.5. The molecule has 0 aliphatic carbocycles. The van der Waals surface area contributed by atoms with E-state index in [4.69, 9.17) is 25.8 Å². The van der Waals surface area contributed by atoms with Crippen molar-refractivity contribution in [3.63, 3.8) is 0 Å². The van der Waals surface area contributed by atoms with Crippen molar-refractivity contribution in [1.29, 1.82) is 0 Å². The number of carbonyl (C=O) groups excluding carboxylic acids is 4. The van der Waals surface area contributed by atoms with Gasteiger partial charge in [0.1, 0.15) is 17.9 Å². The standard InChI is InChI=1S/C34H41ClN2O7/c1-21(2)31-34(41)43-28(22(3)14-15-24-10-7-6-8-11-24)12-9-13-30(38)37-27(32(39)36-20-23(4)33(40)44-31)19-25-16-17-29(42-5)26(35)18-25/h6-11,13-18,21-23,27-28,31H,12,19-20H2,1-5H3,(H,36,39)(H,37,38)/t22-,23-,27-,28+,31+/m1/s1. The van der Waals surface area contributed by atoms with E-state index in [1.54, 1.807) is 45.0 Å². The van der Waals surface area contributed by atoms with Crippen LogP contribution in [0.3, 0.4) is 0 Å². The van der Waals surface area contributed by atoms with Gasteiger partial charge in [0, 0.05) is 31.2 Å². The number of cyclic esters (lactones) is 2. The lowest BCUT2D eigenvalue weighted by atomic mass is 9.99. The molecule has 0 fully saturated rings. The Balaban J connectivity index is 1.89. The quantitative estimate of drug-likeness (QED) is 0.420. The lowest BCUT2D eigenvalue weighted by Gasteiger charge is -2.27. The molecule has 1 aliphatic rings. The second kappa shape index (κ2) is 16.7. The number of nitrogens with one attached hydrogen (secondary N) is 2. The van der Waals surface area contributed by atoms with Crippen LogP contribution in [-0.4, -0.2) is 55.7 Å². The number of rotatable bonds is 7. The first kappa shape index (κ1) is 34.4. The third kappa shape index (κ3) is 10.3. The first-order valence-electron chi connectivity index (χ1n) is 14.7. The van der Waals surface area contributed by atoms with Crippen LogP contribution in [0.4, 0.5) is 0 Å². The fourth-order valence-electron chi connectivity index (χ4n) is 4.51. The van der Waals surface area contributed by atoms with Gasteiger partial charge in [0.2, 0.25) is 17.9 Å². The summed E-state index contributed by atoms with van der Waals surface area (Å²) in [5.74, 6) is -3.18. The molecular weight excluding hydrogens is 584 g/mol. The van der Waals surface area contributed by atoms with Gasteiger partial charge in [-0.2, -0.15) is 0 Å². The van der Waals surface area contributed by atoms with E-state index in [9.17, 15) is 19.2 Å². The van der Waals surface area contributed by atoms with Crippen LogP contribution in [0, 0.1) is 17.8 Å². The van der Waals surface area contributed by atoms with Gasteiger partial charge >= 0.3 is 11.9 Å². The van der Waals surface area contributed by atoms with Crippen LogP contribution in [0.25, 0.3) is 6.08 Å². The SMILES string of the molecule is COc1ccc(C[C@H]2NC(=O)C=CC[C@@H]([C@H](C)C=Cc3ccccc3)OC(=O)[C@H](C(C)C)OC(=O)[C@H](C)CNC2=O)cc1Cl. The van der Waals surface area contributed by atoms with Crippen molar-refractivity contribution in [1.82, 2.24) is 10.6 Å². The highest BCUT2D eigenvalue weighted by Crippen LogP contribution is 2.26. The molecule has 0 unspecified atom stereocenters. The molecule has 2 aromatic rings. The monoisotopic (exact) mass is 624 g/mol. The molecule has 1 aliphatic heterocycles. The number of halogens is 1. The Morgan fingerprint density at radius 1 is 1.02 bits per heavy atom. The average molecular weight is 625 g/mol. The molecule has 236 valence electrons. The zero-order chi connectivity index (χ0) is 32.2. The van der Waals surface area contributed by atoms with Crippen LogP contribution >= 0.6 is 11.6 Å². The number of ether oxygens (including phenoxy) is 3. The minimum absolute atomic E-state index is 0.0625. The molecule has 0 saturated carbocycles. The number of benzene rings is 2. The first-order valence-corrected chi connectivity index (χ1v) is 15.1. The maximum atomic E-state index is 13.3. The second-order valence-electron chi connectivity index (χ2n) is 11.2. The molecule has 9 nitrogen and oxygen atoms in total. The van der Waals surface area contributed by atoms with Crippen LogP contribution < -0.4 is 15.4 Å². The van der Waals surface area contributed by atoms with Crippen LogP contribution in [-0.2, 0) is 35.1 Å². The molecule has 0 saturated heterocycles. The van der Waals surface area contributed by atoms with Gasteiger partial charge in [-0.3, -0.25) is 14.4 Å². The topological polar surface area (TPSA) is 120 Å². The molecule has 2 aromatic carbocycles. The third-order valence-electron chi connectivity index (χ3n) is 7.24. The smallest absolute Gasteiger partial charge is 0.348 e. The highest BCUT2D eigenvalue weighted by atomic mass is 35.5. The van der Waals surface area contributed by atoms with E-state index in [1.807, 2.05) is 49.4 Å². The van der Waals surface area contributed by atoms with Crippen molar-refractivity contribution in [3.8, 4) is 5.75 Å². The van der Waals surface area contributed by atoms with Gasteiger partial charge in [-0.05, 0) is 29.3 Å². The maximum absolute atomic E-state index is 13.3. The molecule has 10 heteroatoms. The Morgan fingerprint density at radius 3 is 2.41 bits per heavy atom. The summed E-state index contributed by atoms with van der Waals surface area (Å²) in [6.45, 7) is 6.96. The summed E-state index contributed by atoms with van der Waals surface area (Å²) >= 11 is 6.28. The minimum atomic E-state index is -1.14. The molecule has 0 radical (unpaired) electrons. The van der Waals surface area contributed by atoms with Gasteiger partial charge in [0.05, 0.1) is 18.1 Å². The second-order valence-corrected chi connectivity index (χ2v) is 11.6. The summed E-state index contributed by atoms with van der Waals surface area (Å²) in [6.07, 6.45) is 5.35. The fourth-order valence-corrected chi connectivity index (χ4v) is 4.79. The summed E-state index contributed by atoms with van der Waals surface area (Å²) in [5.41, 5.74) is 1.69. The Hall–Kier alpha value is -4.11. The molecule has 0 aromatic heterocycles. The molecule has 0 bridgehead atoms. The number of esters is 2. The Morgan fingerprint density at radius 2 is 1.75 bits per heavy atom. The van der Waals surface area contributed by atoms with Crippen LogP contribution in [0.2, 0.25) is 5.02 Å². The maximum Gasteiger partial charge on any atom is 0.348 e. The first-order chi connectivity index (χ1) is 21.0. The van der Waals surface area contributed by atoms with Crippen molar-refractivity contribution in [2.75, 3.05) is 13.7 Å². The zero-order valence-electron chi connectivity index (χ0n) is 25.7. The third-order valence-corrected chi connectivity index (χ3v) is 7.53. The largest absolute Gasteiger partial charge is 0.495 e. The summed E-state index contributed by atoms with van der Waals surface area (Å²) < 4.78 is 16.7. The van der Waals surface area contributed by atoms with Gasteiger partial charge in [0.25, 0.3) is 0 Å². The normalized spacial score (nSPS) is 23.1. The molecule has 3 rings (SSSR count). The molecule has 2 amide bonds. The molecule has 5 atom stereocenters. The highest BCUT2D eigenvalue weighted by Gasteiger charge is 2.33. The summed E-state index contributed by atoms with van der Waals surface area (Å²) in [5, 5.41) is 5.83. The molecule has 0 spiro atoms. The van der Waals surface area contributed by atoms with Crippen LogP contribution in [0.1, 0.15) is 45.2 Å². The Labute approximate surface area is 264 Å². The van der Waals surface area contributed by atoms with Crippen molar-refractivity contribution in [2.45, 2.75) is 58.8 Å². The Bertz CT molecular complexity index is 1360.